The predicted molar refractivity (Wildman–Crippen MR) is 132 cm³/mol. The molecule has 0 saturated carbocycles. The van der Waals surface area contributed by atoms with Crippen LogP contribution in [0.4, 0.5) is 15.3 Å². The summed E-state index contributed by atoms with van der Waals surface area (Å²) in [7, 11) is 1.30. The average molecular weight is 494 g/mol. The smallest absolute Gasteiger partial charge is 0.411 e. The van der Waals surface area contributed by atoms with Gasteiger partial charge in [-0.1, -0.05) is 54.1 Å². The Labute approximate surface area is 206 Å². The van der Waals surface area contributed by atoms with Crippen molar-refractivity contribution >= 4 is 29.4 Å². The van der Waals surface area contributed by atoms with Crippen molar-refractivity contribution in [2.45, 2.75) is 19.0 Å². The number of imidazole rings is 2. The summed E-state index contributed by atoms with van der Waals surface area (Å²) in [6.07, 6.45) is 3.26. The average Bonchev–Trinajstić information content (AvgIpc) is 3.53. The molecule has 0 aliphatic heterocycles. The van der Waals surface area contributed by atoms with E-state index in [4.69, 9.17) is 11.6 Å². The Kier molecular flexibility index (Phi) is 7.63. The number of urea groups is 1. The number of halogens is 1. The Bertz CT molecular complexity index is 1260. The van der Waals surface area contributed by atoms with Crippen LogP contribution in [-0.4, -0.2) is 39.2 Å². The van der Waals surface area contributed by atoms with Crippen molar-refractivity contribution in [2.75, 3.05) is 12.4 Å². The zero-order chi connectivity index (χ0) is 24.6. The van der Waals surface area contributed by atoms with Crippen LogP contribution in [0.5, 0.6) is 0 Å². The maximum atomic E-state index is 12.6. The zero-order valence-corrected chi connectivity index (χ0v) is 19.6. The molecule has 0 aliphatic carbocycles. The molecule has 2 heterocycles. The highest BCUT2D eigenvalue weighted by molar-refractivity contribution is 6.31. The minimum atomic E-state index is -0.557. The molecule has 3 amide bonds. The first kappa shape index (κ1) is 23.8. The largest absolute Gasteiger partial charge is 0.453 e. The van der Waals surface area contributed by atoms with Crippen LogP contribution in [0.25, 0.3) is 11.3 Å². The van der Waals surface area contributed by atoms with Gasteiger partial charge in [0.1, 0.15) is 22.5 Å². The highest BCUT2D eigenvalue weighted by Crippen LogP contribution is 2.29. The first-order valence-corrected chi connectivity index (χ1v) is 11.2. The van der Waals surface area contributed by atoms with Crippen LogP contribution in [0.15, 0.2) is 67.0 Å². The number of hydrogen-bond acceptors (Lipinski definition) is 5. The molecule has 0 fully saturated rings. The van der Waals surface area contributed by atoms with Gasteiger partial charge in [-0.2, -0.15) is 0 Å². The number of H-pyrrole nitrogens is 2. The zero-order valence-electron chi connectivity index (χ0n) is 18.8. The van der Waals surface area contributed by atoms with E-state index in [-0.39, 0.29) is 12.6 Å². The SMILES string of the molecule is COC(=O)Nc1ccc(-c2nc([C@H](Cc3ccccc3)NC(=O)NCc3ncc[nH]3)[nH]c2Cl)cc1. The lowest BCUT2D eigenvalue weighted by Crippen LogP contribution is -2.39. The number of ether oxygens (including phenoxy) is 1. The summed E-state index contributed by atoms with van der Waals surface area (Å²) in [4.78, 5) is 38.9. The fraction of sp³-hybridized carbons (Fsp3) is 0.167. The van der Waals surface area contributed by atoms with Gasteiger partial charge in [0.15, 0.2) is 0 Å². The number of carbonyl (C=O) groups excluding carboxylic acids is 2. The first-order chi connectivity index (χ1) is 17.0. The van der Waals surface area contributed by atoms with Gasteiger partial charge in [-0.05, 0) is 24.1 Å². The van der Waals surface area contributed by atoms with Gasteiger partial charge in [0.2, 0.25) is 0 Å². The number of hydrogen-bond donors (Lipinski definition) is 5. The van der Waals surface area contributed by atoms with E-state index < -0.39 is 12.1 Å². The number of nitrogens with one attached hydrogen (secondary N) is 5. The number of benzene rings is 2. The van der Waals surface area contributed by atoms with Crippen LogP contribution in [0.3, 0.4) is 0 Å². The van der Waals surface area contributed by atoms with Crippen LogP contribution in [0, 0.1) is 0 Å². The van der Waals surface area contributed by atoms with Crippen molar-refractivity contribution in [3.63, 3.8) is 0 Å². The third-order valence-corrected chi connectivity index (χ3v) is 5.43. The molecule has 180 valence electrons. The number of amides is 3. The summed E-state index contributed by atoms with van der Waals surface area (Å²) in [6.45, 7) is 0.257. The van der Waals surface area contributed by atoms with E-state index in [9.17, 15) is 9.59 Å². The standard InChI is InChI=1S/C24H24ClN7O3/c1-35-24(34)29-17-9-7-16(8-10-17)20-21(25)32-22(31-20)18(13-15-5-3-2-4-6-15)30-23(33)28-14-19-26-11-12-27-19/h2-12,18H,13-14H2,1H3,(H,26,27)(H,29,34)(H,31,32)(H2,28,30,33)/t18-/m0/s1. The first-order valence-electron chi connectivity index (χ1n) is 10.8. The second-order valence-electron chi connectivity index (χ2n) is 7.58. The molecule has 0 bridgehead atoms. The second-order valence-corrected chi connectivity index (χ2v) is 7.96. The van der Waals surface area contributed by atoms with Crippen LogP contribution in [0.2, 0.25) is 5.15 Å². The molecule has 1 atom stereocenters. The molecule has 4 rings (SSSR count). The van der Waals surface area contributed by atoms with Crippen molar-refractivity contribution in [3.05, 3.63) is 89.4 Å². The Balaban J connectivity index is 1.53. The fourth-order valence-electron chi connectivity index (χ4n) is 3.44. The van der Waals surface area contributed by atoms with E-state index in [2.05, 4.69) is 40.6 Å². The number of rotatable bonds is 8. The summed E-state index contributed by atoms with van der Waals surface area (Å²) in [5.41, 5.74) is 2.87. The van der Waals surface area contributed by atoms with E-state index in [1.54, 1.807) is 36.7 Å². The fourth-order valence-corrected chi connectivity index (χ4v) is 3.69. The van der Waals surface area contributed by atoms with Gasteiger partial charge >= 0.3 is 12.1 Å². The van der Waals surface area contributed by atoms with E-state index in [0.717, 1.165) is 11.1 Å². The van der Waals surface area contributed by atoms with Crippen molar-refractivity contribution in [2.24, 2.45) is 0 Å². The van der Waals surface area contributed by atoms with Crippen LogP contribution in [-0.2, 0) is 17.7 Å². The summed E-state index contributed by atoms with van der Waals surface area (Å²) >= 11 is 6.49. The monoisotopic (exact) mass is 493 g/mol. The summed E-state index contributed by atoms with van der Waals surface area (Å²) in [5.74, 6) is 1.16. The molecule has 11 heteroatoms. The van der Waals surface area contributed by atoms with Crippen molar-refractivity contribution in [1.82, 2.24) is 30.6 Å². The van der Waals surface area contributed by atoms with Crippen molar-refractivity contribution in [3.8, 4) is 11.3 Å². The maximum absolute atomic E-state index is 12.6. The van der Waals surface area contributed by atoms with E-state index >= 15 is 0 Å². The number of aromatic nitrogens is 4. The van der Waals surface area contributed by atoms with Crippen LogP contribution >= 0.6 is 11.6 Å². The minimum absolute atomic E-state index is 0.257. The van der Waals surface area contributed by atoms with Gasteiger partial charge in [0.25, 0.3) is 0 Å². The molecular weight excluding hydrogens is 470 g/mol. The van der Waals surface area contributed by atoms with Gasteiger partial charge in [-0.3, -0.25) is 5.32 Å². The number of anilines is 1. The van der Waals surface area contributed by atoms with Gasteiger partial charge in [0.05, 0.1) is 19.7 Å². The quantitative estimate of drug-likeness (QED) is 0.247. The normalized spacial score (nSPS) is 11.5. The maximum Gasteiger partial charge on any atom is 0.411 e. The lowest BCUT2D eigenvalue weighted by atomic mass is 10.1. The third kappa shape index (κ3) is 6.39. The van der Waals surface area contributed by atoms with E-state index in [1.165, 1.54) is 7.11 Å². The van der Waals surface area contributed by atoms with Crippen LogP contribution < -0.4 is 16.0 Å². The highest BCUT2D eigenvalue weighted by Gasteiger charge is 2.21. The molecule has 0 saturated heterocycles. The lowest BCUT2D eigenvalue weighted by molar-refractivity contribution is 0.187. The minimum Gasteiger partial charge on any atom is -0.453 e. The molecule has 2 aromatic heterocycles. The number of methoxy groups -OCH3 is 1. The Hall–Kier alpha value is -4.31. The second kappa shape index (κ2) is 11.2. The molecule has 0 unspecified atom stereocenters. The molecule has 0 spiro atoms. The van der Waals surface area contributed by atoms with Gasteiger partial charge in [-0.25, -0.2) is 19.6 Å². The summed E-state index contributed by atoms with van der Waals surface area (Å²) in [6, 6.07) is 15.9. The molecule has 10 nitrogen and oxygen atoms in total. The molecular formula is C24H24ClN7O3. The molecule has 0 radical (unpaired) electrons. The molecule has 0 aliphatic rings. The lowest BCUT2D eigenvalue weighted by Gasteiger charge is -2.17. The van der Waals surface area contributed by atoms with Crippen molar-refractivity contribution < 1.29 is 14.3 Å². The molecule has 35 heavy (non-hydrogen) atoms. The number of carbonyl (C=O) groups is 2. The van der Waals surface area contributed by atoms with Gasteiger partial charge in [-0.15, -0.1) is 0 Å². The van der Waals surface area contributed by atoms with Gasteiger partial charge < -0.3 is 25.3 Å². The van der Waals surface area contributed by atoms with Crippen molar-refractivity contribution in [1.29, 1.82) is 0 Å². The Morgan fingerprint density at radius 2 is 1.89 bits per heavy atom. The van der Waals surface area contributed by atoms with E-state index in [1.807, 2.05) is 30.3 Å². The number of nitrogens with zero attached hydrogens (tertiary/aromatic N) is 2. The highest BCUT2D eigenvalue weighted by atomic mass is 35.5. The Morgan fingerprint density at radius 1 is 1.11 bits per heavy atom. The molecule has 4 aromatic rings. The van der Waals surface area contributed by atoms with E-state index in [0.29, 0.717) is 34.6 Å². The third-order valence-electron chi connectivity index (χ3n) is 5.16. The topological polar surface area (TPSA) is 137 Å². The Morgan fingerprint density at radius 3 is 2.57 bits per heavy atom. The predicted octanol–water partition coefficient (Wildman–Crippen LogP) is 4.41. The number of aromatic amines is 2. The molecule has 2 aromatic carbocycles. The van der Waals surface area contributed by atoms with Gasteiger partial charge in [0, 0.05) is 23.6 Å². The molecule has 5 N–H and O–H groups in total. The summed E-state index contributed by atoms with van der Waals surface area (Å²) < 4.78 is 4.60. The summed E-state index contributed by atoms with van der Waals surface area (Å²) in [5, 5.41) is 8.69. The van der Waals surface area contributed by atoms with Crippen LogP contribution in [0.1, 0.15) is 23.3 Å².